The lowest BCUT2D eigenvalue weighted by molar-refractivity contribution is 0.346. The maximum absolute atomic E-state index is 13.2. The Kier molecular flexibility index (Phi) is 5.72. The molecule has 2 heterocycles. The molecule has 1 N–H and O–H groups in total. The Morgan fingerprint density at radius 1 is 1.13 bits per heavy atom. The molecule has 154 valence electrons. The van der Waals surface area contributed by atoms with Crippen LogP contribution in [0.5, 0.6) is 0 Å². The zero-order valence-corrected chi connectivity index (χ0v) is 17.4. The molecular formula is C23H25FN6. The van der Waals surface area contributed by atoms with E-state index in [1.165, 1.54) is 17.7 Å². The van der Waals surface area contributed by atoms with Crippen molar-refractivity contribution in [3.8, 4) is 5.82 Å². The second-order valence-electron chi connectivity index (χ2n) is 7.45. The molecule has 0 spiro atoms. The molecule has 6 nitrogen and oxygen atoms in total. The number of hydrogen-bond donors (Lipinski definition) is 1. The van der Waals surface area contributed by atoms with Crippen LogP contribution in [0.3, 0.4) is 0 Å². The molecule has 0 saturated carbocycles. The van der Waals surface area contributed by atoms with Crippen LogP contribution in [-0.2, 0) is 6.54 Å². The summed E-state index contributed by atoms with van der Waals surface area (Å²) >= 11 is 0. The number of nitrogens with one attached hydrogen (secondary N) is 1. The first kappa shape index (κ1) is 20.0. The number of benzene rings is 2. The molecule has 1 atom stereocenters. The minimum atomic E-state index is -0.246. The maximum Gasteiger partial charge on any atom is 0.159 e. The van der Waals surface area contributed by atoms with Crippen molar-refractivity contribution in [2.75, 3.05) is 18.9 Å². The van der Waals surface area contributed by atoms with E-state index < -0.39 is 0 Å². The monoisotopic (exact) mass is 404 g/mol. The van der Waals surface area contributed by atoms with E-state index in [4.69, 9.17) is 4.98 Å². The Hall–Kier alpha value is -3.32. The molecule has 0 fully saturated rings. The van der Waals surface area contributed by atoms with Gasteiger partial charge in [-0.1, -0.05) is 25.1 Å². The van der Waals surface area contributed by atoms with Crippen molar-refractivity contribution in [3.05, 3.63) is 78.1 Å². The summed E-state index contributed by atoms with van der Waals surface area (Å²) in [5, 5.41) is 3.34. The average molecular weight is 404 g/mol. The van der Waals surface area contributed by atoms with Crippen LogP contribution >= 0.6 is 0 Å². The Morgan fingerprint density at radius 3 is 2.70 bits per heavy atom. The van der Waals surface area contributed by atoms with Crippen LogP contribution in [0, 0.1) is 5.82 Å². The first-order valence-electron chi connectivity index (χ1n) is 10.0. The lowest BCUT2D eigenvalue weighted by Crippen LogP contribution is -2.16. The zero-order chi connectivity index (χ0) is 21.1. The van der Waals surface area contributed by atoms with Gasteiger partial charge in [-0.2, -0.15) is 0 Å². The third kappa shape index (κ3) is 4.31. The fourth-order valence-corrected chi connectivity index (χ4v) is 3.36. The Bertz CT molecular complexity index is 1140. The summed E-state index contributed by atoms with van der Waals surface area (Å²) in [6, 6.07) is 12.7. The first-order valence-corrected chi connectivity index (χ1v) is 10.0. The van der Waals surface area contributed by atoms with Crippen molar-refractivity contribution in [2.24, 2.45) is 0 Å². The molecule has 7 heteroatoms. The van der Waals surface area contributed by atoms with Gasteiger partial charge in [0.2, 0.25) is 0 Å². The maximum atomic E-state index is 13.2. The first-order chi connectivity index (χ1) is 14.5. The molecule has 4 rings (SSSR count). The van der Waals surface area contributed by atoms with Crippen molar-refractivity contribution in [3.63, 3.8) is 0 Å². The molecule has 30 heavy (non-hydrogen) atoms. The molecule has 0 radical (unpaired) electrons. The normalized spacial score (nSPS) is 12.4. The highest BCUT2D eigenvalue weighted by Crippen LogP contribution is 2.22. The molecule has 0 bridgehead atoms. The third-order valence-electron chi connectivity index (χ3n) is 5.21. The summed E-state index contributed by atoms with van der Waals surface area (Å²) in [6.07, 6.45) is 5.18. The number of hydrogen-bond acceptors (Lipinski definition) is 5. The summed E-state index contributed by atoms with van der Waals surface area (Å²) in [4.78, 5) is 15.8. The second kappa shape index (κ2) is 8.59. The van der Waals surface area contributed by atoms with Crippen molar-refractivity contribution < 1.29 is 4.39 Å². The number of halogens is 1. The highest BCUT2D eigenvalue weighted by Gasteiger charge is 2.11. The van der Waals surface area contributed by atoms with Crippen molar-refractivity contribution in [2.45, 2.75) is 26.4 Å². The van der Waals surface area contributed by atoms with E-state index >= 15 is 0 Å². The van der Waals surface area contributed by atoms with Gasteiger partial charge in [-0.15, -0.1) is 0 Å². The van der Waals surface area contributed by atoms with E-state index in [2.05, 4.69) is 46.3 Å². The van der Waals surface area contributed by atoms with Crippen LogP contribution in [-0.4, -0.2) is 38.0 Å². The van der Waals surface area contributed by atoms with E-state index in [9.17, 15) is 4.39 Å². The van der Waals surface area contributed by atoms with Crippen molar-refractivity contribution in [1.82, 2.24) is 24.4 Å². The predicted molar refractivity (Wildman–Crippen MR) is 117 cm³/mol. The fourth-order valence-electron chi connectivity index (χ4n) is 3.36. The van der Waals surface area contributed by atoms with Gasteiger partial charge in [0.25, 0.3) is 0 Å². The summed E-state index contributed by atoms with van der Waals surface area (Å²) in [5.74, 6) is 1.09. The predicted octanol–water partition coefficient (Wildman–Crippen LogP) is 4.58. The average Bonchev–Trinajstić information content (AvgIpc) is 3.17. The Balaban J connectivity index is 1.61. The summed E-state index contributed by atoms with van der Waals surface area (Å²) < 4.78 is 15.1. The smallest absolute Gasteiger partial charge is 0.159 e. The lowest BCUT2D eigenvalue weighted by Gasteiger charge is -2.16. The van der Waals surface area contributed by atoms with Crippen LogP contribution in [0.2, 0.25) is 0 Å². The Labute approximate surface area is 175 Å². The molecule has 2 aromatic heterocycles. The number of nitrogens with zero attached hydrogens (tertiary/aromatic N) is 5. The van der Waals surface area contributed by atoms with Crippen LogP contribution in [0.4, 0.5) is 10.2 Å². The quantitative estimate of drug-likeness (QED) is 0.489. The van der Waals surface area contributed by atoms with Gasteiger partial charge in [-0.05, 0) is 55.9 Å². The summed E-state index contributed by atoms with van der Waals surface area (Å²) in [5.41, 5.74) is 4.11. The SMILES string of the molecule is CCN(C)Cc1ccc2ncn(-c3cncc(NC(C)c4ccc(F)cc4)n3)c2c1. The van der Waals surface area contributed by atoms with Gasteiger partial charge >= 0.3 is 0 Å². The van der Waals surface area contributed by atoms with Crippen molar-refractivity contribution >= 4 is 16.9 Å². The van der Waals surface area contributed by atoms with E-state index in [1.807, 2.05) is 17.6 Å². The van der Waals surface area contributed by atoms with Gasteiger partial charge in [0, 0.05) is 12.6 Å². The molecule has 0 aliphatic heterocycles. The van der Waals surface area contributed by atoms with E-state index in [1.54, 1.807) is 30.9 Å². The number of anilines is 1. The van der Waals surface area contributed by atoms with Gasteiger partial charge in [0.15, 0.2) is 5.82 Å². The molecule has 1 unspecified atom stereocenters. The molecule has 4 aromatic rings. The molecule has 0 amide bonds. The molecule has 2 aromatic carbocycles. The highest BCUT2D eigenvalue weighted by molar-refractivity contribution is 5.77. The Morgan fingerprint density at radius 2 is 1.93 bits per heavy atom. The lowest BCUT2D eigenvalue weighted by atomic mass is 10.1. The van der Waals surface area contributed by atoms with Crippen LogP contribution in [0.1, 0.15) is 31.0 Å². The highest BCUT2D eigenvalue weighted by atomic mass is 19.1. The minimum absolute atomic E-state index is 0.0362. The number of rotatable bonds is 7. The van der Waals surface area contributed by atoms with Crippen molar-refractivity contribution in [1.29, 1.82) is 0 Å². The van der Waals surface area contributed by atoms with Crippen LogP contribution in [0.15, 0.2) is 61.2 Å². The number of aromatic nitrogens is 4. The van der Waals surface area contributed by atoms with Gasteiger partial charge in [-0.25, -0.2) is 14.4 Å². The van der Waals surface area contributed by atoms with E-state index in [0.717, 1.165) is 29.7 Å². The van der Waals surface area contributed by atoms with Gasteiger partial charge < -0.3 is 10.2 Å². The van der Waals surface area contributed by atoms with Crippen LogP contribution in [0.25, 0.3) is 16.9 Å². The fraction of sp³-hybridized carbons (Fsp3) is 0.261. The molecule has 0 aliphatic rings. The molecular weight excluding hydrogens is 379 g/mol. The largest absolute Gasteiger partial charge is 0.362 e. The summed E-state index contributed by atoms with van der Waals surface area (Å²) in [7, 11) is 2.10. The number of fused-ring (bicyclic) bond motifs is 1. The van der Waals surface area contributed by atoms with Crippen LogP contribution < -0.4 is 5.32 Å². The topological polar surface area (TPSA) is 58.9 Å². The van der Waals surface area contributed by atoms with Gasteiger partial charge in [-0.3, -0.25) is 9.55 Å². The number of imidazole rings is 1. The standard InChI is InChI=1S/C23H25FN6/c1-4-29(3)14-17-5-10-20-21(11-17)30(15-26-20)23-13-25-12-22(28-23)27-16(2)18-6-8-19(24)9-7-18/h5-13,15-16H,4,14H2,1-3H3,(H,27,28). The minimum Gasteiger partial charge on any atom is -0.362 e. The zero-order valence-electron chi connectivity index (χ0n) is 17.4. The van der Waals surface area contributed by atoms with E-state index in [0.29, 0.717) is 11.6 Å². The second-order valence-corrected chi connectivity index (χ2v) is 7.45. The third-order valence-corrected chi connectivity index (χ3v) is 5.21. The van der Waals surface area contributed by atoms with E-state index in [-0.39, 0.29) is 11.9 Å². The molecule has 0 saturated heterocycles. The summed E-state index contributed by atoms with van der Waals surface area (Å²) in [6.45, 7) is 6.01. The molecule has 0 aliphatic carbocycles. The van der Waals surface area contributed by atoms with Gasteiger partial charge in [0.1, 0.15) is 18.0 Å². The van der Waals surface area contributed by atoms with Gasteiger partial charge in [0.05, 0.1) is 23.4 Å².